The van der Waals surface area contributed by atoms with Crippen LogP contribution in [0.2, 0.25) is 0 Å². The van der Waals surface area contributed by atoms with Crippen LogP contribution in [0.25, 0.3) is 0 Å². The van der Waals surface area contributed by atoms with E-state index in [1.165, 1.54) is 32.1 Å². The van der Waals surface area contributed by atoms with Crippen molar-refractivity contribution in [2.24, 2.45) is 5.73 Å². The second kappa shape index (κ2) is 5.01. The van der Waals surface area contributed by atoms with Gasteiger partial charge in [0.15, 0.2) is 0 Å². The predicted molar refractivity (Wildman–Crippen MR) is 80.3 cm³/mol. The Balaban J connectivity index is 2.26. The van der Waals surface area contributed by atoms with Gasteiger partial charge in [-0.25, -0.2) is 0 Å². The van der Waals surface area contributed by atoms with E-state index in [9.17, 15) is 0 Å². The highest BCUT2D eigenvalue weighted by Gasteiger charge is 2.59. The molecular weight excluding hydrogens is 236 g/mol. The van der Waals surface area contributed by atoms with Gasteiger partial charge in [0.1, 0.15) is 0 Å². The number of hydrogen-bond donors (Lipinski definition) is 1. The molecule has 2 fully saturated rings. The standard InChI is InChI=1S/C16H32N2O/c1-14(2)11-16(12-17,15(3,4)19-14)18(5)13-9-7-6-8-10-13/h13H,6-12,17H2,1-5H3. The van der Waals surface area contributed by atoms with Gasteiger partial charge >= 0.3 is 0 Å². The van der Waals surface area contributed by atoms with E-state index in [0.29, 0.717) is 12.6 Å². The topological polar surface area (TPSA) is 38.5 Å². The maximum Gasteiger partial charge on any atom is 0.0830 e. The molecule has 1 atom stereocenters. The zero-order chi connectivity index (χ0) is 14.3. The summed E-state index contributed by atoms with van der Waals surface area (Å²) in [5, 5.41) is 0. The summed E-state index contributed by atoms with van der Waals surface area (Å²) >= 11 is 0. The fourth-order valence-corrected chi connectivity index (χ4v) is 4.57. The highest BCUT2D eigenvalue weighted by atomic mass is 16.5. The van der Waals surface area contributed by atoms with Crippen LogP contribution in [0, 0.1) is 0 Å². The molecule has 1 unspecified atom stereocenters. The SMILES string of the molecule is CN(C1CCCCC1)C1(CN)CC(C)(C)OC1(C)C. The highest BCUT2D eigenvalue weighted by Crippen LogP contribution is 2.48. The number of ether oxygens (including phenoxy) is 1. The molecule has 1 saturated carbocycles. The molecule has 19 heavy (non-hydrogen) atoms. The van der Waals surface area contributed by atoms with Crippen LogP contribution in [0.1, 0.15) is 66.2 Å². The zero-order valence-electron chi connectivity index (χ0n) is 13.5. The molecular formula is C16H32N2O. The van der Waals surface area contributed by atoms with Gasteiger partial charge in [0, 0.05) is 12.6 Å². The smallest absolute Gasteiger partial charge is 0.0830 e. The number of rotatable bonds is 3. The first-order chi connectivity index (χ1) is 8.74. The predicted octanol–water partition coefficient (Wildman–Crippen LogP) is 2.93. The Kier molecular flexibility index (Phi) is 4.03. The van der Waals surface area contributed by atoms with E-state index in [1.807, 2.05) is 0 Å². The van der Waals surface area contributed by atoms with Crippen molar-refractivity contribution in [3.05, 3.63) is 0 Å². The van der Waals surface area contributed by atoms with Crippen LogP contribution in [0.5, 0.6) is 0 Å². The number of likely N-dealkylation sites (N-methyl/N-ethyl adjacent to an activating group) is 1. The van der Waals surface area contributed by atoms with Crippen molar-refractivity contribution >= 4 is 0 Å². The molecule has 0 spiro atoms. The lowest BCUT2D eigenvalue weighted by Crippen LogP contribution is -2.64. The number of hydrogen-bond acceptors (Lipinski definition) is 3. The molecule has 1 aliphatic heterocycles. The van der Waals surface area contributed by atoms with Gasteiger partial charge < -0.3 is 10.5 Å². The summed E-state index contributed by atoms with van der Waals surface area (Å²) in [6.45, 7) is 9.50. The average molecular weight is 268 g/mol. The number of nitrogens with zero attached hydrogens (tertiary/aromatic N) is 1. The van der Waals surface area contributed by atoms with Gasteiger partial charge in [0.05, 0.1) is 16.7 Å². The highest BCUT2D eigenvalue weighted by molar-refractivity contribution is 5.13. The lowest BCUT2D eigenvalue weighted by Gasteiger charge is -2.50. The van der Waals surface area contributed by atoms with Crippen LogP contribution in [-0.4, -0.2) is 41.3 Å². The molecule has 2 rings (SSSR count). The van der Waals surface area contributed by atoms with Gasteiger partial charge in [0.25, 0.3) is 0 Å². The second-order valence-electron chi connectivity index (χ2n) is 7.69. The molecule has 0 aromatic rings. The van der Waals surface area contributed by atoms with Crippen LogP contribution in [-0.2, 0) is 4.74 Å². The third-order valence-electron chi connectivity index (χ3n) is 5.51. The van der Waals surface area contributed by atoms with Crippen molar-refractivity contribution in [1.29, 1.82) is 0 Å². The molecule has 1 heterocycles. The van der Waals surface area contributed by atoms with Crippen molar-refractivity contribution in [2.45, 2.75) is 89.0 Å². The third kappa shape index (κ3) is 2.57. The molecule has 1 aliphatic carbocycles. The summed E-state index contributed by atoms with van der Waals surface area (Å²) < 4.78 is 6.33. The van der Waals surface area contributed by atoms with Crippen LogP contribution in [0.3, 0.4) is 0 Å². The summed E-state index contributed by atoms with van der Waals surface area (Å²) in [7, 11) is 2.27. The lowest BCUT2D eigenvalue weighted by atomic mass is 9.76. The van der Waals surface area contributed by atoms with Gasteiger partial charge in [-0.1, -0.05) is 19.3 Å². The summed E-state index contributed by atoms with van der Waals surface area (Å²) in [5.41, 5.74) is 5.96. The van der Waals surface area contributed by atoms with Crippen LogP contribution >= 0.6 is 0 Å². The Bertz CT molecular complexity index is 321. The zero-order valence-corrected chi connectivity index (χ0v) is 13.5. The molecule has 0 radical (unpaired) electrons. The fourth-order valence-electron chi connectivity index (χ4n) is 4.57. The maximum atomic E-state index is 6.33. The molecule has 0 bridgehead atoms. The minimum Gasteiger partial charge on any atom is -0.368 e. The summed E-state index contributed by atoms with van der Waals surface area (Å²) in [4.78, 5) is 2.57. The molecule has 1 saturated heterocycles. The van der Waals surface area contributed by atoms with Gasteiger partial charge in [-0.3, -0.25) is 4.90 Å². The molecule has 0 aromatic carbocycles. The van der Waals surface area contributed by atoms with Crippen molar-refractivity contribution in [1.82, 2.24) is 4.90 Å². The molecule has 0 aromatic heterocycles. The summed E-state index contributed by atoms with van der Waals surface area (Å²) in [6.07, 6.45) is 7.77. The Morgan fingerprint density at radius 2 is 1.68 bits per heavy atom. The van der Waals surface area contributed by atoms with E-state index in [0.717, 1.165) is 6.42 Å². The van der Waals surface area contributed by atoms with E-state index in [-0.39, 0.29) is 16.7 Å². The van der Waals surface area contributed by atoms with Gasteiger partial charge in [-0.2, -0.15) is 0 Å². The van der Waals surface area contributed by atoms with E-state index >= 15 is 0 Å². The second-order valence-corrected chi connectivity index (χ2v) is 7.69. The monoisotopic (exact) mass is 268 g/mol. The molecule has 112 valence electrons. The Morgan fingerprint density at radius 3 is 2.11 bits per heavy atom. The van der Waals surface area contributed by atoms with Crippen LogP contribution in [0.4, 0.5) is 0 Å². The fraction of sp³-hybridized carbons (Fsp3) is 1.00. The summed E-state index contributed by atoms with van der Waals surface area (Å²) in [6, 6.07) is 0.675. The van der Waals surface area contributed by atoms with Crippen molar-refractivity contribution in [3.63, 3.8) is 0 Å². The van der Waals surface area contributed by atoms with Crippen LogP contribution < -0.4 is 5.73 Å². The Morgan fingerprint density at radius 1 is 1.11 bits per heavy atom. The van der Waals surface area contributed by atoms with Crippen molar-refractivity contribution in [3.8, 4) is 0 Å². The normalized spacial score (nSPS) is 34.9. The van der Waals surface area contributed by atoms with Crippen LogP contribution in [0.15, 0.2) is 0 Å². The van der Waals surface area contributed by atoms with E-state index in [2.05, 4.69) is 39.6 Å². The molecule has 2 aliphatic rings. The van der Waals surface area contributed by atoms with Crippen molar-refractivity contribution < 1.29 is 4.74 Å². The Labute approximate surface area is 118 Å². The summed E-state index contributed by atoms with van der Waals surface area (Å²) in [5.74, 6) is 0. The van der Waals surface area contributed by atoms with Gasteiger partial charge in [-0.05, 0) is 54.0 Å². The molecule has 0 amide bonds. The molecule has 3 heteroatoms. The van der Waals surface area contributed by atoms with E-state index in [4.69, 9.17) is 10.5 Å². The maximum absolute atomic E-state index is 6.33. The molecule has 3 nitrogen and oxygen atoms in total. The largest absolute Gasteiger partial charge is 0.368 e. The quantitative estimate of drug-likeness (QED) is 0.855. The van der Waals surface area contributed by atoms with E-state index in [1.54, 1.807) is 0 Å². The number of nitrogens with two attached hydrogens (primary N) is 1. The minimum atomic E-state index is -0.183. The first-order valence-corrected chi connectivity index (χ1v) is 7.87. The van der Waals surface area contributed by atoms with Gasteiger partial charge in [-0.15, -0.1) is 0 Å². The third-order valence-corrected chi connectivity index (χ3v) is 5.51. The Hall–Kier alpha value is -0.120. The van der Waals surface area contributed by atoms with Gasteiger partial charge in [0.2, 0.25) is 0 Å². The van der Waals surface area contributed by atoms with E-state index < -0.39 is 0 Å². The first kappa shape index (κ1) is 15.3. The first-order valence-electron chi connectivity index (χ1n) is 7.87. The lowest BCUT2D eigenvalue weighted by molar-refractivity contribution is -0.108. The average Bonchev–Trinajstić information content (AvgIpc) is 2.54. The van der Waals surface area contributed by atoms with Crippen molar-refractivity contribution in [2.75, 3.05) is 13.6 Å². The minimum absolute atomic E-state index is 0.0293. The molecule has 2 N–H and O–H groups in total.